The fraction of sp³-hybridized carbons (Fsp3) is 0.333. The van der Waals surface area contributed by atoms with Crippen molar-refractivity contribution in [1.82, 2.24) is 0 Å². The Bertz CT molecular complexity index is 170. The van der Waals surface area contributed by atoms with Gasteiger partial charge in [-0.3, -0.25) is 0 Å². The van der Waals surface area contributed by atoms with Gasteiger partial charge in [0.1, 0.15) is 0 Å². The van der Waals surface area contributed by atoms with E-state index < -0.39 is 5.79 Å². The molecular formula is C6H7ClO2. The van der Waals surface area contributed by atoms with E-state index in [1.54, 1.807) is 12.2 Å². The van der Waals surface area contributed by atoms with Crippen molar-refractivity contribution in [3.8, 4) is 0 Å². The maximum Gasteiger partial charge on any atom is 0.204 e. The van der Waals surface area contributed by atoms with Crippen LogP contribution in [0, 0.1) is 0 Å². The highest BCUT2D eigenvalue weighted by atomic mass is 35.5. The van der Waals surface area contributed by atoms with Crippen molar-refractivity contribution >= 4 is 11.6 Å². The molecule has 3 heteroatoms. The predicted molar refractivity (Wildman–Crippen MR) is 34.9 cm³/mol. The third-order valence-electron chi connectivity index (χ3n) is 1.16. The summed E-state index contributed by atoms with van der Waals surface area (Å²) in [5.41, 5.74) is 0. The van der Waals surface area contributed by atoms with Gasteiger partial charge in [-0.05, 0) is 6.08 Å². The van der Waals surface area contributed by atoms with Gasteiger partial charge in [-0.2, -0.15) is 0 Å². The molecule has 50 valence electrons. The lowest BCUT2D eigenvalue weighted by Gasteiger charge is -2.20. The van der Waals surface area contributed by atoms with E-state index in [0.29, 0.717) is 0 Å². The van der Waals surface area contributed by atoms with Crippen LogP contribution < -0.4 is 0 Å². The molecule has 0 aliphatic heterocycles. The minimum absolute atomic E-state index is 0.0741. The first-order valence-electron chi connectivity index (χ1n) is 2.60. The summed E-state index contributed by atoms with van der Waals surface area (Å²) in [5, 5.41) is 18.0. The zero-order chi connectivity index (χ0) is 6.91. The molecule has 0 saturated heterocycles. The second-order valence-electron chi connectivity index (χ2n) is 1.96. The Morgan fingerprint density at radius 3 is 2.56 bits per heavy atom. The Kier molecular flexibility index (Phi) is 1.62. The van der Waals surface area contributed by atoms with Crippen molar-refractivity contribution < 1.29 is 10.2 Å². The third kappa shape index (κ3) is 1.33. The molecule has 0 heterocycles. The molecule has 0 aromatic rings. The molecule has 0 aromatic carbocycles. The molecule has 1 aliphatic carbocycles. The molecule has 2 N–H and O–H groups in total. The average Bonchev–Trinajstić information content (AvgIpc) is 1.77. The summed E-state index contributed by atoms with van der Waals surface area (Å²) in [6, 6.07) is 0. The maximum absolute atomic E-state index is 8.95. The summed E-state index contributed by atoms with van der Waals surface area (Å²) in [5.74, 6) is -1.82. The molecule has 0 atom stereocenters. The van der Waals surface area contributed by atoms with Gasteiger partial charge < -0.3 is 10.2 Å². The Morgan fingerprint density at radius 2 is 2.22 bits per heavy atom. The van der Waals surface area contributed by atoms with E-state index in [1.165, 1.54) is 6.08 Å². The molecule has 0 bridgehead atoms. The van der Waals surface area contributed by atoms with Crippen molar-refractivity contribution in [2.24, 2.45) is 0 Å². The number of rotatable bonds is 0. The maximum atomic E-state index is 8.95. The minimum atomic E-state index is -1.82. The van der Waals surface area contributed by atoms with Gasteiger partial charge in [0, 0.05) is 6.42 Å². The summed E-state index contributed by atoms with van der Waals surface area (Å²) in [6.07, 6.45) is 4.96. The number of allylic oxidation sites excluding steroid dienone is 2. The Balaban J connectivity index is 2.83. The first-order valence-corrected chi connectivity index (χ1v) is 2.98. The molecule has 0 aromatic heterocycles. The van der Waals surface area contributed by atoms with Crippen LogP contribution >= 0.6 is 11.6 Å². The van der Waals surface area contributed by atoms with Crippen LogP contribution in [0.15, 0.2) is 23.3 Å². The van der Waals surface area contributed by atoms with E-state index in [1.807, 2.05) is 0 Å². The summed E-state index contributed by atoms with van der Waals surface area (Å²) in [6.45, 7) is 0. The van der Waals surface area contributed by atoms with Gasteiger partial charge in [-0.25, -0.2) is 0 Å². The zero-order valence-corrected chi connectivity index (χ0v) is 5.47. The van der Waals surface area contributed by atoms with Crippen LogP contribution in [-0.2, 0) is 0 Å². The first kappa shape index (κ1) is 6.81. The molecule has 1 aliphatic rings. The van der Waals surface area contributed by atoms with Gasteiger partial charge in [0.05, 0.1) is 5.03 Å². The van der Waals surface area contributed by atoms with Gasteiger partial charge in [0.25, 0.3) is 0 Å². The fourth-order valence-corrected chi connectivity index (χ4v) is 0.766. The SMILES string of the molecule is OC1(O)CC=CC=C1Cl. The van der Waals surface area contributed by atoms with Gasteiger partial charge in [-0.1, -0.05) is 23.8 Å². The van der Waals surface area contributed by atoms with E-state index in [-0.39, 0.29) is 11.5 Å². The summed E-state index contributed by atoms with van der Waals surface area (Å²) in [4.78, 5) is 0. The molecule has 2 nitrogen and oxygen atoms in total. The zero-order valence-electron chi connectivity index (χ0n) is 4.71. The minimum Gasteiger partial charge on any atom is -0.361 e. The largest absolute Gasteiger partial charge is 0.361 e. The van der Waals surface area contributed by atoms with Crippen molar-refractivity contribution in [2.75, 3.05) is 0 Å². The van der Waals surface area contributed by atoms with Crippen molar-refractivity contribution in [3.63, 3.8) is 0 Å². The number of aliphatic hydroxyl groups is 2. The number of hydrogen-bond acceptors (Lipinski definition) is 2. The van der Waals surface area contributed by atoms with E-state index in [9.17, 15) is 0 Å². The molecule has 0 spiro atoms. The smallest absolute Gasteiger partial charge is 0.204 e. The highest BCUT2D eigenvalue weighted by molar-refractivity contribution is 6.30. The lowest BCUT2D eigenvalue weighted by molar-refractivity contribution is -0.119. The topological polar surface area (TPSA) is 40.5 Å². The van der Waals surface area contributed by atoms with Crippen LogP contribution in [0.3, 0.4) is 0 Å². The van der Waals surface area contributed by atoms with Gasteiger partial charge in [-0.15, -0.1) is 0 Å². The van der Waals surface area contributed by atoms with E-state index in [2.05, 4.69) is 0 Å². The van der Waals surface area contributed by atoms with Crippen LogP contribution in [0.2, 0.25) is 0 Å². The van der Waals surface area contributed by atoms with Crippen LogP contribution in [0.25, 0.3) is 0 Å². The van der Waals surface area contributed by atoms with E-state index in [0.717, 1.165) is 0 Å². The lowest BCUT2D eigenvalue weighted by atomic mass is 10.1. The Labute approximate surface area is 58.1 Å². The predicted octanol–water partition coefficient (Wildman–Crippen LogP) is 0.750. The molecule has 1 rings (SSSR count). The molecule has 9 heavy (non-hydrogen) atoms. The standard InChI is InChI=1S/C6H7ClO2/c7-5-3-1-2-4-6(5,8)9/h1-3,8-9H,4H2. The highest BCUT2D eigenvalue weighted by Gasteiger charge is 2.26. The fourth-order valence-electron chi connectivity index (χ4n) is 0.616. The van der Waals surface area contributed by atoms with Gasteiger partial charge in [0.2, 0.25) is 5.79 Å². The number of hydrogen-bond donors (Lipinski definition) is 2. The molecule has 0 unspecified atom stereocenters. The van der Waals surface area contributed by atoms with Crippen LogP contribution in [0.5, 0.6) is 0 Å². The van der Waals surface area contributed by atoms with Crippen LogP contribution in [0.4, 0.5) is 0 Å². The highest BCUT2D eigenvalue weighted by Crippen LogP contribution is 2.24. The number of halogens is 1. The first-order chi connectivity index (χ1) is 4.13. The van der Waals surface area contributed by atoms with E-state index >= 15 is 0 Å². The average molecular weight is 147 g/mol. The molecule has 0 fully saturated rings. The lowest BCUT2D eigenvalue weighted by Crippen LogP contribution is -2.28. The Hall–Kier alpha value is -0.310. The van der Waals surface area contributed by atoms with Crippen LogP contribution in [-0.4, -0.2) is 16.0 Å². The second-order valence-corrected chi connectivity index (χ2v) is 2.37. The quantitative estimate of drug-likeness (QED) is 0.495. The third-order valence-corrected chi connectivity index (χ3v) is 1.59. The summed E-state index contributed by atoms with van der Waals surface area (Å²) in [7, 11) is 0. The van der Waals surface area contributed by atoms with Crippen molar-refractivity contribution in [1.29, 1.82) is 0 Å². The van der Waals surface area contributed by atoms with Gasteiger partial charge >= 0.3 is 0 Å². The molecule has 0 radical (unpaired) electrons. The second kappa shape index (κ2) is 2.14. The Morgan fingerprint density at radius 1 is 1.56 bits per heavy atom. The normalized spacial score (nSPS) is 23.7. The molecule has 0 amide bonds. The van der Waals surface area contributed by atoms with Gasteiger partial charge in [0.15, 0.2) is 0 Å². The van der Waals surface area contributed by atoms with Crippen LogP contribution in [0.1, 0.15) is 6.42 Å². The molecular weight excluding hydrogens is 140 g/mol. The monoisotopic (exact) mass is 146 g/mol. The molecule has 0 saturated carbocycles. The summed E-state index contributed by atoms with van der Waals surface area (Å²) >= 11 is 5.42. The summed E-state index contributed by atoms with van der Waals surface area (Å²) < 4.78 is 0. The van der Waals surface area contributed by atoms with Crippen molar-refractivity contribution in [3.05, 3.63) is 23.3 Å². The van der Waals surface area contributed by atoms with Crippen molar-refractivity contribution in [2.45, 2.75) is 12.2 Å². The van der Waals surface area contributed by atoms with E-state index in [4.69, 9.17) is 21.8 Å².